The van der Waals surface area contributed by atoms with Crippen LogP contribution in [0.2, 0.25) is 0 Å². The quantitative estimate of drug-likeness (QED) is 0.621. The minimum absolute atomic E-state index is 0.0670. The maximum Gasteiger partial charge on any atom is 0.224 e. The van der Waals surface area contributed by atoms with Crippen LogP contribution in [0.25, 0.3) is 0 Å². The lowest BCUT2D eigenvalue weighted by Gasteiger charge is -2.27. The zero-order chi connectivity index (χ0) is 9.68. The van der Waals surface area contributed by atoms with Gasteiger partial charge >= 0.3 is 0 Å². The van der Waals surface area contributed by atoms with Gasteiger partial charge in [0.1, 0.15) is 0 Å². The topological polar surface area (TPSA) is 53.3 Å². The number of hydrogen-bond acceptors (Lipinski definition) is 3. The number of nitriles is 1. The molecule has 1 unspecified atom stereocenters. The lowest BCUT2D eigenvalue weighted by Crippen LogP contribution is -2.41. The van der Waals surface area contributed by atoms with Crippen LogP contribution < -0.4 is 0 Å². The molecule has 1 heterocycles. The van der Waals surface area contributed by atoms with Crippen molar-refractivity contribution in [3.8, 4) is 6.07 Å². The van der Waals surface area contributed by atoms with Gasteiger partial charge in [-0.1, -0.05) is 0 Å². The second-order valence-corrected chi connectivity index (χ2v) is 3.23. The fourth-order valence-corrected chi connectivity index (χ4v) is 1.25. The van der Waals surface area contributed by atoms with Gasteiger partial charge in [0, 0.05) is 19.5 Å². The van der Waals surface area contributed by atoms with Crippen LogP contribution in [0.5, 0.6) is 0 Å². The zero-order valence-electron chi connectivity index (χ0n) is 7.82. The van der Waals surface area contributed by atoms with Crippen LogP contribution in [0, 0.1) is 17.2 Å². The molecule has 0 aromatic rings. The Morgan fingerprint density at radius 1 is 1.62 bits per heavy atom. The Morgan fingerprint density at radius 3 is 2.77 bits per heavy atom. The average molecular weight is 182 g/mol. The summed E-state index contributed by atoms with van der Waals surface area (Å²) >= 11 is 0. The summed E-state index contributed by atoms with van der Waals surface area (Å²) in [6, 6.07) is 2.06. The lowest BCUT2D eigenvalue weighted by atomic mass is 10.1. The van der Waals surface area contributed by atoms with E-state index in [1.54, 1.807) is 11.8 Å². The van der Waals surface area contributed by atoms with E-state index in [9.17, 15) is 4.79 Å². The smallest absolute Gasteiger partial charge is 0.224 e. The third-order valence-electron chi connectivity index (χ3n) is 2.06. The number of amides is 1. The molecule has 0 saturated carbocycles. The summed E-state index contributed by atoms with van der Waals surface area (Å²) in [6.45, 7) is 4.33. The first kappa shape index (κ1) is 10.0. The first-order chi connectivity index (χ1) is 6.24. The molecule has 0 bridgehead atoms. The van der Waals surface area contributed by atoms with Gasteiger partial charge in [0.05, 0.1) is 25.2 Å². The van der Waals surface area contributed by atoms with Crippen LogP contribution >= 0.6 is 0 Å². The van der Waals surface area contributed by atoms with E-state index < -0.39 is 0 Å². The van der Waals surface area contributed by atoms with Gasteiger partial charge in [-0.15, -0.1) is 0 Å². The number of nitrogens with zero attached hydrogens (tertiary/aromatic N) is 2. The SMILES string of the molecule is CC(C#N)CC(=O)N1CCOCC1. The molecule has 1 fully saturated rings. The largest absolute Gasteiger partial charge is 0.378 e. The molecule has 0 aliphatic carbocycles. The average Bonchev–Trinajstić information content (AvgIpc) is 2.19. The minimum atomic E-state index is -0.185. The molecule has 1 aliphatic heterocycles. The summed E-state index contributed by atoms with van der Waals surface area (Å²) in [5.41, 5.74) is 0. The number of hydrogen-bond donors (Lipinski definition) is 0. The first-order valence-corrected chi connectivity index (χ1v) is 4.49. The highest BCUT2D eigenvalue weighted by atomic mass is 16.5. The van der Waals surface area contributed by atoms with E-state index >= 15 is 0 Å². The summed E-state index contributed by atoms with van der Waals surface area (Å²) in [7, 11) is 0. The molecule has 0 aromatic carbocycles. The van der Waals surface area contributed by atoms with E-state index in [0.29, 0.717) is 32.7 Å². The standard InChI is InChI=1S/C9H14N2O2/c1-8(7-10)6-9(12)11-2-4-13-5-3-11/h8H,2-6H2,1H3. The van der Waals surface area contributed by atoms with E-state index in [1.165, 1.54) is 0 Å². The van der Waals surface area contributed by atoms with E-state index in [1.807, 2.05) is 0 Å². The first-order valence-electron chi connectivity index (χ1n) is 4.49. The maximum atomic E-state index is 11.5. The van der Waals surface area contributed by atoms with E-state index in [2.05, 4.69) is 6.07 Å². The van der Waals surface area contributed by atoms with Gasteiger partial charge in [-0.05, 0) is 6.92 Å². The Balaban J connectivity index is 2.34. The maximum absolute atomic E-state index is 11.5. The van der Waals surface area contributed by atoms with Crippen molar-refractivity contribution in [1.82, 2.24) is 4.90 Å². The number of ether oxygens (including phenoxy) is 1. The summed E-state index contributed by atoms with van der Waals surface area (Å²) in [6.07, 6.45) is 0.330. The van der Waals surface area contributed by atoms with Crippen molar-refractivity contribution in [2.45, 2.75) is 13.3 Å². The molecular formula is C9H14N2O2. The molecule has 4 nitrogen and oxygen atoms in total. The van der Waals surface area contributed by atoms with Crippen LogP contribution in [0.4, 0.5) is 0 Å². The van der Waals surface area contributed by atoms with Gasteiger partial charge in [-0.3, -0.25) is 4.79 Å². The summed E-state index contributed by atoms with van der Waals surface area (Å²) in [4.78, 5) is 13.2. The summed E-state index contributed by atoms with van der Waals surface area (Å²) in [5, 5.41) is 8.54. The van der Waals surface area contributed by atoms with Crippen LogP contribution in [0.1, 0.15) is 13.3 Å². The molecule has 1 amide bonds. The molecule has 72 valence electrons. The second-order valence-electron chi connectivity index (χ2n) is 3.23. The van der Waals surface area contributed by atoms with Crippen molar-refractivity contribution < 1.29 is 9.53 Å². The normalized spacial score (nSPS) is 19.2. The number of rotatable bonds is 2. The molecule has 1 rings (SSSR count). The number of morpholine rings is 1. The fourth-order valence-electron chi connectivity index (χ4n) is 1.25. The Labute approximate surface area is 78.1 Å². The van der Waals surface area contributed by atoms with Gasteiger partial charge in [0.15, 0.2) is 0 Å². The molecule has 1 atom stereocenters. The Morgan fingerprint density at radius 2 is 2.23 bits per heavy atom. The van der Waals surface area contributed by atoms with Gasteiger partial charge in [0.2, 0.25) is 5.91 Å². The van der Waals surface area contributed by atoms with E-state index in [-0.39, 0.29) is 11.8 Å². The molecule has 1 aliphatic rings. The molecular weight excluding hydrogens is 168 g/mol. The Bertz CT molecular complexity index is 216. The highest BCUT2D eigenvalue weighted by molar-refractivity contribution is 5.76. The van der Waals surface area contributed by atoms with Gasteiger partial charge in [0.25, 0.3) is 0 Å². The monoisotopic (exact) mass is 182 g/mol. The van der Waals surface area contributed by atoms with Crippen LogP contribution in [-0.4, -0.2) is 37.1 Å². The predicted molar refractivity (Wildman–Crippen MR) is 46.8 cm³/mol. The van der Waals surface area contributed by atoms with Crippen molar-refractivity contribution in [2.24, 2.45) is 5.92 Å². The van der Waals surface area contributed by atoms with Gasteiger partial charge < -0.3 is 9.64 Å². The zero-order valence-corrected chi connectivity index (χ0v) is 7.82. The van der Waals surface area contributed by atoms with Crippen molar-refractivity contribution in [3.05, 3.63) is 0 Å². The lowest BCUT2D eigenvalue weighted by molar-refractivity contribution is -0.135. The number of carbonyl (C=O) groups is 1. The Kier molecular flexibility index (Phi) is 3.71. The third kappa shape index (κ3) is 3.03. The van der Waals surface area contributed by atoms with Crippen LogP contribution in [0.3, 0.4) is 0 Å². The van der Waals surface area contributed by atoms with Crippen LogP contribution in [0.15, 0.2) is 0 Å². The highest BCUT2D eigenvalue weighted by Gasteiger charge is 2.18. The van der Waals surface area contributed by atoms with Crippen molar-refractivity contribution in [3.63, 3.8) is 0 Å². The van der Waals surface area contributed by atoms with E-state index in [4.69, 9.17) is 10.00 Å². The predicted octanol–water partition coefficient (Wildman–Crippen LogP) is 0.395. The molecule has 0 aromatic heterocycles. The summed E-state index contributed by atoms with van der Waals surface area (Å²) < 4.78 is 5.12. The molecule has 4 heteroatoms. The molecule has 0 N–H and O–H groups in total. The van der Waals surface area contributed by atoms with Gasteiger partial charge in [-0.2, -0.15) is 5.26 Å². The third-order valence-corrected chi connectivity index (χ3v) is 2.06. The van der Waals surface area contributed by atoms with Gasteiger partial charge in [-0.25, -0.2) is 0 Å². The van der Waals surface area contributed by atoms with Crippen molar-refractivity contribution in [1.29, 1.82) is 5.26 Å². The number of carbonyl (C=O) groups excluding carboxylic acids is 1. The molecule has 0 spiro atoms. The van der Waals surface area contributed by atoms with Crippen molar-refractivity contribution in [2.75, 3.05) is 26.3 Å². The molecule has 13 heavy (non-hydrogen) atoms. The summed E-state index contributed by atoms with van der Waals surface area (Å²) in [5.74, 6) is -0.118. The van der Waals surface area contributed by atoms with Crippen molar-refractivity contribution >= 4 is 5.91 Å². The Hall–Kier alpha value is -1.08. The molecule has 0 radical (unpaired) electrons. The second kappa shape index (κ2) is 4.83. The molecule has 1 saturated heterocycles. The fraction of sp³-hybridized carbons (Fsp3) is 0.778. The van der Waals surface area contributed by atoms with Crippen LogP contribution in [-0.2, 0) is 9.53 Å². The van der Waals surface area contributed by atoms with E-state index in [0.717, 1.165) is 0 Å². The highest BCUT2D eigenvalue weighted by Crippen LogP contribution is 2.06. The minimum Gasteiger partial charge on any atom is -0.378 e.